The Morgan fingerprint density at radius 3 is 2.62 bits per heavy atom. The molecule has 1 N–H and O–H groups in total. The highest BCUT2D eigenvalue weighted by atomic mass is 32.2. The van der Waals surface area contributed by atoms with Crippen LogP contribution in [-0.2, 0) is 17.0 Å². The van der Waals surface area contributed by atoms with Crippen molar-refractivity contribution in [2.75, 3.05) is 20.3 Å². The first kappa shape index (κ1) is 23.5. The average Bonchev–Trinajstić information content (AvgIpc) is 3.23. The molecule has 4 aromatic rings. The van der Waals surface area contributed by atoms with Crippen molar-refractivity contribution in [3.63, 3.8) is 0 Å². The van der Waals surface area contributed by atoms with Gasteiger partial charge in [0.1, 0.15) is 0 Å². The number of hydrogen-bond donors (Lipinski definition) is 1. The number of pyridine rings is 1. The minimum absolute atomic E-state index is 0.0846. The topological polar surface area (TPSA) is 92.8 Å². The van der Waals surface area contributed by atoms with E-state index in [9.17, 15) is 4.79 Å². The molecule has 2 aromatic heterocycles. The van der Waals surface area contributed by atoms with Gasteiger partial charge < -0.3 is 14.6 Å². The molecule has 4 rings (SSSR count). The molecular formula is C26H25N5O2S. The van der Waals surface area contributed by atoms with Crippen LogP contribution in [0.5, 0.6) is 0 Å². The standard InChI is InChI=1S/C26H25N5O2S/c1-33-14-2-12-29-25(32)22-9-7-20(8-10-22)17-31-24-16-28-13-11-23(24)30-26(31)34-18-21-5-3-19(15-27)4-6-21/h3-11,13,16H,2,12,14,17-18H2,1H3,(H,29,32). The van der Waals surface area contributed by atoms with Gasteiger partial charge in [-0.3, -0.25) is 9.78 Å². The number of nitrogens with zero attached hydrogens (tertiary/aromatic N) is 4. The van der Waals surface area contributed by atoms with Crippen LogP contribution in [0.2, 0.25) is 0 Å². The third-order valence-corrected chi connectivity index (χ3v) is 6.38. The number of nitriles is 1. The molecule has 8 heteroatoms. The predicted molar refractivity (Wildman–Crippen MR) is 133 cm³/mol. The van der Waals surface area contributed by atoms with Crippen LogP contribution in [0.25, 0.3) is 11.0 Å². The van der Waals surface area contributed by atoms with Gasteiger partial charge in [0, 0.05) is 37.8 Å². The van der Waals surface area contributed by atoms with Crippen LogP contribution in [0.15, 0.2) is 72.1 Å². The molecule has 7 nitrogen and oxygen atoms in total. The molecule has 2 heterocycles. The first-order valence-corrected chi connectivity index (χ1v) is 11.9. The number of carbonyl (C=O) groups is 1. The number of hydrogen-bond acceptors (Lipinski definition) is 6. The maximum absolute atomic E-state index is 12.3. The normalized spacial score (nSPS) is 10.8. The number of ether oxygens (including phenoxy) is 1. The van der Waals surface area contributed by atoms with Crippen molar-refractivity contribution >= 4 is 28.7 Å². The maximum atomic E-state index is 12.3. The van der Waals surface area contributed by atoms with Crippen molar-refractivity contribution in [2.24, 2.45) is 0 Å². The lowest BCUT2D eigenvalue weighted by atomic mass is 10.1. The van der Waals surface area contributed by atoms with E-state index in [2.05, 4.69) is 20.9 Å². The summed E-state index contributed by atoms with van der Waals surface area (Å²) in [5, 5.41) is 12.8. The van der Waals surface area contributed by atoms with Crippen molar-refractivity contribution in [3.05, 3.63) is 89.2 Å². The van der Waals surface area contributed by atoms with Crippen LogP contribution in [0.3, 0.4) is 0 Å². The fraction of sp³-hybridized carbons (Fsp3) is 0.231. The van der Waals surface area contributed by atoms with Crippen molar-refractivity contribution in [1.29, 1.82) is 5.26 Å². The van der Waals surface area contributed by atoms with Gasteiger partial charge in [0.05, 0.1) is 35.4 Å². The lowest BCUT2D eigenvalue weighted by Gasteiger charge is -2.10. The van der Waals surface area contributed by atoms with Crippen LogP contribution < -0.4 is 5.32 Å². The summed E-state index contributed by atoms with van der Waals surface area (Å²) in [6, 6.07) is 19.3. The maximum Gasteiger partial charge on any atom is 0.251 e. The van der Waals surface area contributed by atoms with Crippen molar-refractivity contribution in [3.8, 4) is 6.07 Å². The van der Waals surface area contributed by atoms with E-state index in [-0.39, 0.29) is 5.91 Å². The Morgan fingerprint density at radius 2 is 1.88 bits per heavy atom. The van der Waals surface area contributed by atoms with Gasteiger partial charge in [0.15, 0.2) is 5.16 Å². The molecule has 2 aromatic carbocycles. The SMILES string of the molecule is COCCCNC(=O)c1ccc(Cn2c(SCc3ccc(C#N)cc3)nc3ccncc32)cc1. The fourth-order valence-corrected chi connectivity index (χ4v) is 4.47. The van der Waals surface area contributed by atoms with Crippen LogP contribution >= 0.6 is 11.8 Å². The second-order valence-corrected chi connectivity index (χ2v) is 8.68. The Bertz CT molecular complexity index is 1290. The minimum atomic E-state index is -0.0846. The number of thioether (sulfide) groups is 1. The van der Waals surface area contributed by atoms with Gasteiger partial charge in [0.25, 0.3) is 5.91 Å². The van der Waals surface area contributed by atoms with E-state index in [1.807, 2.05) is 60.8 Å². The summed E-state index contributed by atoms with van der Waals surface area (Å²) in [6.45, 7) is 1.83. The van der Waals surface area contributed by atoms with Crippen molar-refractivity contribution < 1.29 is 9.53 Å². The third-order valence-electron chi connectivity index (χ3n) is 5.33. The van der Waals surface area contributed by atoms with Crippen molar-refractivity contribution in [2.45, 2.75) is 23.9 Å². The lowest BCUT2D eigenvalue weighted by Crippen LogP contribution is -2.25. The number of carbonyl (C=O) groups excluding carboxylic acids is 1. The van der Waals surface area contributed by atoms with Gasteiger partial charge in [0.2, 0.25) is 0 Å². The van der Waals surface area contributed by atoms with Crippen LogP contribution in [-0.4, -0.2) is 40.7 Å². The van der Waals surface area contributed by atoms with Crippen LogP contribution in [0.1, 0.15) is 33.5 Å². The Hall–Kier alpha value is -3.67. The van der Waals surface area contributed by atoms with E-state index < -0.39 is 0 Å². The van der Waals surface area contributed by atoms with E-state index in [1.54, 1.807) is 25.1 Å². The van der Waals surface area contributed by atoms with Crippen LogP contribution in [0.4, 0.5) is 0 Å². The van der Waals surface area contributed by atoms with Gasteiger partial charge in [-0.25, -0.2) is 4.98 Å². The third kappa shape index (κ3) is 5.81. The number of amides is 1. The highest BCUT2D eigenvalue weighted by molar-refractivity contribution is 7.98. The molecule has 0 radical (unpaired) electrons. The molecule has 0 unspecified atom stereocenters. The number of aromatic nitrogens is 3. The molecule has 0 bridgehead atoms. The van der Waals surface area contributed by atoms with Gasteiger partial charge in [-0.15, -0.1) is 0 Å². The number of methoxy groups -OCH3 is 1. The molecule has 0 aliphatic heterocycles. The largest absolute Gasteiger partial charge is 0.385 e. The number of imidazole rings is 1. The minimum Gasteiger partial charge on any atom is -0.385 e. The summed E-state index contributed by atoms with van der Waals surface area (Å²) in [4.78, 5) is 21.4. The first-order chi connectivity index (χ1) is 16.7. The number of fused-ring (bicyclic) bond motifs is 1. The zero-order chi connectivity index (χ0) is 23.8. The zero-order valence-electron chi connectivity index (χ0n) is 18.9. The molecule has 0 atom stereocenters. The van der Waals surface area contributed by atoms with E-state index in [0.717, 1.165) is 39.5 Å². The molecule has 34 heavy (non-hydrogen) atoms. The zero-order valence-corrected chi connectivity index (χ0v) is 19.7. The van der Waals surface area contributed by atoms with E-state index >= 15 is 0 Å². The van der Waals surface area contributed by atoms with Gasteiger partial charge in [-0.1, -0.05) is 36.0 Å². The van der Waals surface area contributed by atoms with Crippen molar-refractivity contribution in [1.82, 2.24) is 19.9 Å². The van der Waals surface area contributed by atoms with Crippen LogP contribution in [0, 0.1) is 11.3 Å². The summed E-state index contributed by atoms with van der Waals surface area (Å²) in [5.41, 5.74) is 5.34. The summed E-state index contributed by atoms with van der Waals surface area (Å²) >= 11 is 1.65. The number of nitrogens with one attached hydrogen (secondary N) is 1. The molecule has 0 aliphatic rings. The first-order valence-electron chi connectivity index (χ1n) is 11.0. The van der Waals surface area contributed by atoms with E-state index in [0.29, 0.717) is 30.8 Å². The lowest BCUT2D eigenvalue weighted by molar-refractivity contribution is 0.0948. The monoisotopic (exact) mass is 471 g/mol. The molecule has 0 saturated heterocycles. The number of rotatable bonds is 10. The second kappa shape index (κ2) is 11.5. The Morgan fingerprint density at radius 1 is 1.12 bits per heavy atom. The smallest absolute Gasteiger partial charge is 0.251 e. The fourth-order valence-electron chi connectivity index (χ4n) is 3.50. The summed E-state index contributed by atoms with van der Waals surface area (Å²) in [7, 11) is 1.65. The highest BCUT2D eigenvalue weighted by Crippen LogP contribution is 2.27. The molecule has 0 spiro atoms. The summed E-state index contributed by atoms with van der Waals surface area (Å²) in [5.74, 6) is 0.656. The molecule has 1 amide bonds. The molecule has 0 aliphatic carbocycles. The Balaban J connectivity index is 1.48. The van der Waals surface area contributed by atoms with Gasteiger partial charge in [-0.05, 0) is 47.9 Å². The quantitative estimate of drug-likeness (QED) is 0.272. The molecular weight excluding hydrogens is 446 g/mol. The molecule has 172 valence electrons. The molecule has 0 saturated carbocycles. The Kier molecular flexibility index (Phi) is 7.91. The van der Waals surface area contributed by atoms with E-state index in [1.165, 1.54) is 0 Å². The number of benzene rings is 2. The predicted octanol–water partition coefficient (Wildman–Crippen LogP) is 4.41. The average molecular weight is 472 g/mol. The van der Waals surface area contributed by atoms with Gasteiger partial charge in [-0.2, -0.15) is 5.26 Å². The summed E-state index contributed by atoms with van der Waals surface area (Å²) in [6.07, 6.45) is 4.36. The Labute approximate surface area is 202 Å². The summed E-state index contributed by atoms with van der Waals surface area (Å²) < 4.78 is 7.16. The molecule has 0 fully saturated rings. The van der Waals surface area contributed by atoms with E-state index in [4.69, 9.17) is 15.0 Å². The second-order valence-electron chi connectivity index (χ2n) is 7.74. The highest BCUT2D eigenvalue weighted by Gasteiger charge is 2.13. The van der Waals surface area contributed by atoms with Gasteiger partial charge >= 0.3 is 0 Å².